The maximum absolute atomic E-state index is 13.1. The molecule has 0 fully saturated rings. The fourth-order valence-electron chi connectivity index (χ4n) is 3.01. The van der Waals surface area contributed by atoms with Crippen LogP contribution in [-0.4, -0.2) is 25.0 Å². The fourth-order valence-corrected chi connectivity index (χ4v) is 3.76. The molecule has 0 heterocycles. The number of hydrogen-bond acceptors (Lipinski definition) is 5. The highest BCUT2D eigenvalue weighted by molar-refractivity contribution is 9.10. The number of benzene rings is 3. The summed E-state index contributed by atoms with van der Waals surface area (Å²) in [7, 11) is 0. The van der Waals surface area contributed by atoms with Crippen molar-refractivity contribution in [1.82, 2.24) is 0 Å². The summed E-state index contributed by atoms with van der Waals surface area (Å²) in [4.78, 5) is 24.9. The van der Waals surface area contributed by atoms with Crippen LogP contribution in [0.3, 0.4) is 0 Å². The minimum absolute atomic E-state index is 0.179. The van der Waals surface area contributed by atoms with Gasteiger partial charge >= 0.3 is 0 Å². The highest BCUT2D eigenvalue weighted by Gasteiger charge is 2.16. The van der Waals surface area contributed by atoms with Gasteiger partial charge in [0.05, 0.1) is 21.8 Å². The number of anilines is 2. The largest absolute Gasteiger partial charge is 0.490 e. The lowest BCUT2D eigenvalue weighted by Crippen LogP contribution is -2.20. The van der Waals surface area contributed by atoms with E-state index >= 15 is 0 Å². The highest BCUT2D eigenvalue weighted by atomic mass is 79.9. The van der Waals surface area contributed by atoms with Crippen LogP contribution in [0.4, 0.5) is 15.8 Å². The topological polar surface area (TPSA) is 100 Å². The molecule has 0 saturated carbocycles. The third kappa shape index (κ3) is 7.31. The van der Waals surface area contributed by atoms with Crippen LogP contribution >= 0.6 is 27.5 Å². The minimum atomic E-state index is -0.658. The van der Waals surface area contributed by atoms with E-state index in [-0.39, 0.29) is 17.9 Å². The van der Waals surface area contributed by atoms with Gasteiger partial charge in [-0.2, -0.15) is 5.26 Å². The number of carbonyl (C=O) groups excluding carboxylic acids is 2. The molecule has 0 aliphatic carbocycles. The Kier molecular flexibility index (Phi) is 9.45. The Bertz CT molecular complexity index is 1340. The van der Waals surface area contributed by atoms with Crippen LogP contribution in [-0.2, 0) is 9.59 Å². The summed E-state index contributed by atoms with van der Waals surface area (Å²) in [6, 6.07) is 17.1. The number of carbonyl (C=O) groups is 2. The third-order valence-electron chi connectivity index (χ3n) is 4.61. The number of para-hydroxylation sites is 1. The van der Waals surface area contributed by atoms with Crippen molar-refractivity contribution >= 4 is 56.8 Å². The zero-order valence-electron chi connectivity index (χ0n) is 19.0. The highest BCUT2D eigenvalue weighted by Crippen LogP contribution is 2.37. The second-order valence-electron chi connectivity index (χ2n) is 7.21. The molecule has 0 atom stereocenters. The Labute approximate surface area is 220 Å². The molecule has 0 aliphatic rings. The summed E-state index contributed by atoms with van der Waals surface area (Å²) in [5, 5.41) is 15.1. The molecule has 10 heteroatoms. The van der Waals surface area contributed by atoms with E-state index in [9.17, 15) is 19.2 Å². The molecule has 0 unspecified atom stereocenters. The van der Waals surface area contributed by atoms with E-state index in [1.807, 2.05) is 6.07 Å². The van der Waals surface area contributed by atoms with E-state index in [0.717, 1.165) is 0 Å². The number of nitriles is 1. The maximum atomic E-state index is 13.1. The first-order valence-electron chi connectivity index (χ1n) is 10.6. The van der Waals surface area contributed by atoms with Gasteiger partial charge in [-0.25, -0.2) is 4.39 Å². The van der Waals surface area contributed by atoms with Crippen molar-refractivity contribution in [2.24, 2.45) is 0 Å². The number of ether oxygens (including phenoxy) is 2. The lowest BCUT2D eigenvalue weighted by Gasteiger charge is -2.15. The summed E-state index contributed by atoms with van der Waals surface area (Å²) in [6.45, 7) is 1.77. The van der Waals surface area contributed by atoms with E-state index in [0.29, 0.717) is 38.8 Å². The van der Waals surface area contributed by atoms with Crippen LogP contribution in [0.5, 0.6) is 11.5 Å². The van der Waals surface area contributed by atoms with Crippen molar-refractivity contribution in [3.63, 3.8) is 0 Å². The maximum Gasteiger partial charge on any atom is 0.266 e. The predicted molar refractivity (Wildman–Crippen MR) is 140 cm³/mol. The quantitative estimate of drug-likeness (QED) is 0.235. The van der Waals surface area contributed by atoms with Gasteiger partial charge in [0.25, 0.3) is 11.8 Å². The van der Waals surface area contributed by atoms with Crippen molar-refractivity contribution in [1.29, 1.82) is 5.26 Å². The average Bonchev–Trinajstić information content (AvgIpc) is 2.85. The predicted octanol–water partition coefficient (Wildman–Crippen LogP) is 6.20. The van der Waals surface area contributed by atoms with E-state index < -0.39 is 17.6 Å². The standard InChI is InChI=1S/C26H20BrClFN3O4/c1-2-35-23-13-16(11-17(14-30)26(34)31-19-9-7-18(29)8-10-19)12-20(27)25(23)36-15-24(33)32-22-6-4-3-5-21(22)28/h3-13H,2,15H2,1H3,(H,31,34)(H,32,33)/b17-11+. The van der Waals surface area contributed by atoms with Gasteiger partial charge in [0.15, 0.2) is 18.1 Å². The Morgan fingerprint density at radius 2 is 1.83 bits per heavy atom. The fraction of sp³-hybridized carbons (Fsp3) is 0.115. The van der Waals surface area contributed by atoms with Gasteiger partial charge in [-0.15, -0.1) is 0 Å². The van der Waals surface area contributed by atoms with Gasteiger partial charge in [-0.1, -0.05) is 23.7 Å². The number of rotatable bonds is 9. The van der Waals surface area contributed by atoms with Crippen LogP contribution in [0, 0.1) is 17.1 Å². The molecule has 0 radical (unpaired) electrons. The summed E-state index contributed by atoms with van der Waals surface area (Å²) < 4.78 is 24.9. The molecular formula is C26H20BrClFN3O4. The average molecular weight is 573 g/mol. The molecule has 36 heavy (non-hydrogen) atoms. The van der Waals surface area contributed by atoms with Gasteiger partial charge in [-0.3, -0.25) is 9.59 Å². The number of amides is 2. The van der Waals surface area contributed by atoms with E-state index in [1.165, 1.54) is 30.3 Å². The molecule has 0 aromatic heterocycles. The van der Waals surface area contributed by atoms with Crippen molar-refractivity contribution in [3.8, 4) is 17.6 Å². The molecule has 0 spiro atoms. The normalized spacial score (nSPS) is 10.8. The molecule has 0 aliphatic heterocycles. The van der Waals surface area contributed by atoms with Crippen LogP contribution < -0.4 is 20.1 Å². The number of nitrogens with zero attached hydrogens (tertiary/aromatic N) is 1. The van der Waals surface area contributed by atoms with Crippen molar-refractivity contribution < 1.29 is 23.5 Å². The van der Waals surface area contributed by atoms with Crippen LogP contribution in [0.2, 0.25) is 5.02 Å². The summed E-state index contributed by atoms with van der Waals surface area (Å²) in [5.41, 5.74) is 1.10. The summed E-state index contributed by atoms with van der Waals surface area (Å²) in [6.07, 6.45) is 1.38. The van der Waals surface area contributed by atoms with Gasteiger partial charge in [0.2, 0.25) is 0 Å². The molecule has 184 valence electrons. The van der Waals surface area contributed by atoms with E-state index in [2.05, 4.69) is 26.6 Å². The molecule has 2 amide bonds. The zero-order valence-corrected chi connectivity index (χ0v) is 21.3. The molecule has 3 aromatic rings. The SMILES string of the molecule is CCOc1cc(/C=C(\C#N)C(=O)Nc2ccc(F)cc2)cc(Br)c1OCC(=O)Nc1ccccc1Cl. The zero-order chi connectivity index (χ0) is 26.1. The molecule has 3 aromatic carbocycles. The Morgan fingerprint density at radius 1 is 1.11 bits per heavy atom. The molecular weight excluding hydrogens is 553 g/mol. The lowest BCUT2D eigenvalue weighted by molar-refractivity contribution is -0.118. The summed E-state index contributed by atoms with van der Waals surface area (Å²) in [5.74, 6) is -0.945. The molecule has 3 rings (SSSR count). The Hall–Kier alpha value is -3.87. The molecule has 7 nitrogen and oxygen atoms in total. The second-order valence-corrected chi connectivity index (χ2v) is 8.47. The first-order valence-corrected chi connectivity index (χ1v) is 11.8. The monoisotopic (exact) mass is 571 g/mol. The van der Waals surface area contributed by atoms with Crippen molar-refractivity contribution in [2.45, 2.75) is 6.92 Å². The van der Waals surface area contributed by atoms with Crippen LogP contribution in [0.15, 0.2) is 70.7 Å². The number of nitrogens with one attached hydrogen (secondary N) is 2. The number of halogens is 3. The van der Waals surface area contributed by atoms with Gasteiger partial charge in [-0.05, 0) is 83.0 Å². The van der Waals surface area contributed by atoms with Gasteiger partial charge < -0.3 is 20.1 Å². The van der Waals surface area contributed by atoms with Crippen molar-refractivity contribution in [2.75, 3.05) is 23.8 Å². The lowest BCUT2D eigenvalue weighted by atomic mass is 10.1. The van der Waals surface area contributed by atoms with Gasteiger partial charge in [0.1, 0.15) is 17.5 Å². The molecule has 0 saturated heterocycles. The van der Waals surface area contributed by atoms with Gasteiger partial charge in [0, 0.05) is 5.69 Å². The van der Waals surface area contributed by atoms with Crippen LogP contribution in [0.25, 0.3) is 6.08 Å². The van der Waals surface area contributed by atoms with E-state index in [4.69, 9.17) is 21.1 Å². The molecule has 0 bridgehead atoms. The molecule has 2 N–H and O–H groups in total. The second kappa shape index (κ2) is 12.7. The van der Waals surface area contributed by atoms with E-state index in [1.54, 1.807) is 43.3 Å². The first kappa shape index (κ1) is 26.7. The first-order chi connectivity index (χ1) is 17.3. The smallest absolute Gasteiger partial charge is 0.266 e. The Balaban J connectivity index is 1.77. The Morgan fingerprint density at radius 3 is 2.50 bits per heavy atom. The van der Waals surface area contributed by atoms with Crippen molar-refractivity contribution in [3.05, 3.63) is 87.1 Å². The summed E-state index contributed by atoms with van der Waals surface area (Å²) >= 11 is 9.47. The third-order valence-corrected chi connectivity index (χ3v) is 5.52. The van der Waals surface area contributed by atoms with Crippen LogP contribution in [0.1, 0.15) is 12.5 Å². The number of hydrogen-bond donors (Lipinski definition) is 2. The minimum Gasteiger partial charge on any atom is -0.490 e.